The second-order valence-corrected chi connectivity index (χ2v) is 6.99. The van der Waals surface area contributed by atoms with E-state index in [1.807, 2.05) is 48.5 Å². The van der Waals surface area contributed by atoms with Gasteiger partial charge in [-0.1, -0.05) is 35.9 Å². The Morgan fingerprint density at radius 1 is 1.19 bits per heavy atom. The first-order chi connectivity index (χ1) is 13.2. The third-order valence-corrected chi connectivity index (χ3v) is 4.88. The summed E-state index contributed by atoms with van der Waals surface area (Å²) in [7, 11) is 1.59. The van der Waals surface area contributed by atoms with Gasteiger partial charge in [0, 0.05) is 24.1 Å². The number of amides is 1. The maximum atomic E-state index is 12.1. The highest BCUT2D eigenvalue weighted by Crippen LogP contribution is 2.32. The molecule has 0 saturated heterocycles. The number of thiazole rings is 1. The molecule has 0 fully saturated rings. The number of aromatic nitrogens is 1. The molecular formula is C20H19ClN2O3S. The number of benzene rings is 2. The molecule has 0 atom stereocenters. The van der Waals surface area contributed by atoms with Gasteiger partial charge < -0.3 is 14.8 Å². The zero-order chi connectivity index (χ0) is 19.1. The fraction of sp³-hybridized carbons (Fsp3) is 0.200. The van der Waals surface area contributed by atoms with Gasteiger partial charge in [0.05, 0.1) is 12.2 Å². The minimum absolute atomic E-state index is 0.214. The Bertz CT molecular complexity index is 896. The van der Waals surface area contributed by atoms with Gasteiger partial charge in [0.15, 0.2) is 0 Å². The smallest absolute Gasteiger partial charge is 0.270 e. The summed E-state index contributed by atoms with van der Waals surface area (Å²) in [6, 6.07) is 15.2. The largest absolute Gasteiger partial charge is 0.488 e. The molecule has 5 nitrogen and oxygen atoms in total. The van der Waals surface area contributed by atoms with E-state index in [-0.39, 0.29) is 5.91 Å². The number of halogens is 1. The highest BCUT2D eigenvalue weighted by Gasteiger charge is 2.14. The van der Waals surface area contributed by atoms with Gasteiger partial charge in [-0.3, -0.25) is 4.79 Å². The van der Waals surface area contributed by atoms with E-state index in [2.05, 4.69) is 10.3 Å². The first-order valence-corrected chi connectivity index (χ1v) is 9.62. The molecule has 0 aliphatic heterocycles. The Morgan fingerprint density at radius 2 is 1.96 bits per heavy atom. The fourth-order valence-corrected chi connectivity index (χ4v) is 3.33. The molecule has 1 heterocycles. The molecule has 2 aromatic carbocycles. The molecule has 140 valence electrons. The van der Waals surface area contributed by atoms with Crippen molar-refractivity contribution in [3.8, 4) is 16.3 Å². The van der Waals surface area contributed by atoms with Crippen molar-refractivity contribution in [1.29, 1.82) is 0 Å². The topological polar surface area (TPSA) is 60.5 Å². The zero-order valence-corrected chi connectivity index (χ0v) is 16.3. The number of methoxy groups -OCH3 is 1. The van der Waals surface area contributed by atoms with Crippen LogP contribution in [0.15, 0.2) is 53.9 Å². The summed E-state index contributed by atoms with van der Waals surface area (Å²) in [6.07, 6.45) is 0. The molecule has 0 spiro atoms. The molecule has 1 N–H and O–H groups in total. The van der Waals surface area contributed by atoms with Gasteiger partial charge in [0.1, 0.15) is 23.1 Å². The third kappa shape index (κ3) is 5.29. The number of rotatable bonds is 8. The Hall–Kier alpha value is -2.41. The summed E-state index contributed by atoms with van der Waals surface area (Å²) in [4.78, 5) is 16.6. The molecule has 0 aliphatic rings. The highest BCUT2D eigenvalue weighted by atomic mass is 35.5. The average Bonchev–Trinajstić information content (AvgIpc) is 3.18. The van der Waals surface area contributed by atoms with Gasteiger partial charge in [0.25, 0.3) is 5.91 Å². The van der Waals surface area contributed by atoms with Gasteiger partial charge in [-0.05, 0) is 29.8 Å². The van der Waals surface area contributed by atoms with E-state index >= 15 is 0 Å². The van der Waals surface area contributed by atoms with Crippen molar-refractivity contribution in [3.05, 3.63) is 70.2 Å². The van der Waals surface area contributed by atoms with Crippen LogP contribution in [0.1, 0.15) is 16.1 Å². The highest BCUT2D eigenvalue weighted by molar-refractivity contribution is 7.13. The van der Waals surface area contributed by atoms with E-state index in [4.69, 9.17) is 21.1 Å². The lowest BCUT2D eigenvalue weighted by atomic mass is 10.2. The molecule has 0 bridgehead atoms. The van der Waals surface area contributed by atoms with E-state index in [0.29, 0.717) is 36.2 Å². The van der Waals surface area contributed by atoms with Crippen molar-refractivity contribution in [2.24, 2.45) is 0 Å². The lowest BCUT2D eigenvalue weighted by molar-refractivity contribution is 0.0933. The maximum absolute atomic E-state index is 12.1. The van der Waals surface area contributed by atoms with Crippen LogP contribution in [0, 0.1) is 0 Å². The molecule has 1 amide bonds. The van der Waals surface area contributed by atoms with Crippen LogP contribution >= 0.6 is 22.9 Å². The second kappa shape index (κ2) is 9.50. The number of carbonyl (C=O) groups is 1. The Balaban J connectivity index is 1.72. The number of nitrogens with zero attached hydrogens (tertiary/aromatic N) is 1. The SMILES string of the molecule is COCCNC(=O)c1csc(-c2ccccc2OCc2ccc(Cl)cc2)n1. The minimum Gasteiger partial charge on any atom is -0.488 e. The van der Waals surface area contributed by atoms with Crippen LogP contribution in [0.25, 0.3) is 10.6 Å². The minimum atomic E-state index is -0.214. The first-order valence-electron chi connectivity index (χ1n) is 8.36. The monoisotopic (exact) mass is 402 g/mol. The summed E-state index contributed by atoms with van der Waals surface area (Å²) in [6.45, 7) is 1.33. The van der Waals surface area contributed by atoms with Crippen molar-refractivity contribution in [2.75, 3.05) is 20.3 Å². The third-order valence-electron chi connectivity index (χ3n) is 3.75. The number of carbonyl (C=O) groups excluding carboxylic acids is 1. The van der Waals surface area contributed by atoms with Gasteiger partial charge in [-0.25, -0.2) is 4.98 Å². The fourth-order valence-electron chi connectivity index (χ4n) is 2.37. The molecule has 0 radical (unpaired) electrons. The van der Waals surface area contributed by atoms with Gasteiger partial charge in [0.2, 0.25) is 0 Å². The van der Waals surface area contributed by atoms with Crippen molar-refractivity contribution >= 4 is 28.8 Å². The van der Waals surface area contributed by atoms with E-state index in [1.165, 1.54) is 11.3 Å². The molecule has 0 saturated carbocycles. The van der Waals surface area contributed by atoms with E-state index < -0.39 is 0 Å². The second-order valence-electron chi connectivity index (χ2n) is 5.70. The number of nitrogens with one attached hydrogen (secondary N) is 1. The molecular weight excluding hydrogens is 384 g/mol. The standard InChI is InChI=1S/C20H19ClN2O3S/c1-25-11-10-22-19(24)17-13-27-20(23-17)16-4-2-3-5-18(16)26-12-14-6-8-15(21)9-7-14/h2-9,13H,10-12H2,1H3,(H,22,24). The van der Waals surface area contributed by atoms with Crippen LogP contribution in [0.3, 0.4) is 0 Å². The van der Waals surface area contributed by atoms with Crippen LogP contribution in [-0.4, -0.2) is 31.2 Å². The maximum Gasteiger partial charge on any atom is 0.270 e. The number of hydrogen-bond acceptors (Lipinski definition) is 5. The lowest BCUT2D eigenvalue weighted by Gasteiger charge is -2.10. The Kier molecular flexibility index (Phi) is 6.81. The summed E-state index contributed by atoms with van der Waals surface area (Å²) < 4.78 is 10.9. The average molecular weight is 403 g/mol. The normalized spacial score (nSPS) is 10.6. The van der Waals surface area contributed by atoms with Crippen LogP contribution in [0.4, 0.5) is 0 Å². The summed E-state index contributed by atoms with van der Waals surface area (Å²) in [5.74, 6) is 0.502. The lowest BCUT2D eigenvalue weighted by Crippen LogP contribution is -2.27. The molecule has 27 heavy (non-hydrogen) atoms. The molecule has 3 rings (SSSR count). The van der Waals surface area contributed by atoms with Crippen molar-refractivity contribution < 1.29 is 14.3 Å². The Morgan fingerprint density at radius 3 is 2.74 bits per heavy atom. The number of ether oxygens (including phenoxy) is 2. The first kappa shape index (κ1) is 19.4. The number of para-hydroxylation sites is 1. The zero-order valence-electron chi connectivity index (χ0n) is 14.8. The molecule has 0 aliphatic carbocycles. The van der Waals surface area contributed by atoms with E-state index in [0.717, 1.165) is 16.1 Å². The predicted octanol–water partition coefficient (Wildman–Crippen LogP) is 4.42. The molecule has 1 aromatic heterocycles. The van der Waals surface area contributed by atoms with E-state index in [9.17, 15) is 4.79 Å². The molecule has 3 aromatic rings. The molecule has 0 unspecified atom stereocenters. The van der Waals surface area contributed by atoms with Crippen LogP contribution in [-0.2, 0) is 11.3 Å². The predicted molar refractivity (Wildman–Crippen MR) is 108 cm³/mol. The Labute approximate surface area is 166 Å². The molecule has 7 heteroatoms. The van der Waals surface area contributed by atoms with Crippen LogP contribution in [0.2, 0.25) is 5.02 Å². The van der Waals surface area contributed by atoms with Crippen LogP contribution < -0.4 is 10.1 Å². The van der Waals surface area contributed by atoms with Gasteiger partial charge in [-0.2, -0.15) is 0 Å². The quantitative estimate of drug-likeness (QED) is 0.566. The summed E-state index contributed by atoms with van der Waals surface area (Å²) in [5.41, 5.74) is 2.26. The summed E-state index contributed by atoms with van der Waals surface area (Å²) >= 11 is 7.32. The van der Waals surface area contributed by atoms with Gasteiger partial charge in [-0.15, -0.1) is 11.3 Å². The van der Waals surface area contributed by atoms with Crippen molar-refractivity contribution in [1.82, 2.24) is 10.3 Å². The van der Waals surface area contributed by atoms with Gasteiger partial charge >= 0.3 is 0 Å². The van der Waals surface area contributed by atoms with E-state index in [1.54, 1.807) is 12.5 Å². The number of hydrogen-bond donors (Lipinski definition) is 1. The van der Waals surface area contributed by atoms with Crippen molar-refractivity contribution in [3.63, 3.8) is 0 Å². The van der Waals surface area contributed by atoms with Crippen LogP contribution in [0.5, 0.6) is 5.75 Å². The van der Waals surface area contributed by atoms with Crippen molar-refractivity contribution in [2.45, 2.75) is 6.61 Å². The summed E-state index contributed by atoms with van der Waals surface area (Å²) in [5, 5.41) is 5.94.